The normalized spacial score (nSPS) is 43.7. The summed E-state index contributed by atoms with van der Waals surface area (Å²) >= 11 is 0. The zero-order valence-corrected chi connectivity index (χ0v) is 6.01. The quantitative estimate of drug-likeness (QED) is 0.472. The van der Waals surface area contributed by atoms with Gasteiger partial charge in [-0.2, -0.15) is 0 Å². The van der Waals surface area contributed by atoms with Crippen molar-refractivity contribution in [2.75, 3.05) is 7.05 Å². The highest BCUT2D eigenvalue weighted by molar-refractivity contribution is 4.96. The molecule has 2 rings (SSSR count). The van der Waals surface area contributed by atoms with Crippen molar-refractivity contribution in [1.29, 1.82) is 0 Å². The van der Waals surface area contributed by atoms with E-state index in [9.17, 15) is 0 Å². The monoisotopic (exact) mass is 124 g/mol. The zero-order chi connectivity index (χ0) is 6.27. The Labute approximate surface area is 57.0 Å². The maximum absolute atomic E-state index is 2.56. The standard InChI is InChI=1S/C8H14N/c1-9-7-3-2-4-8(9)6-5-7/h2,7-8H,3-6H2,1H3/t7-,8+. The van der Waals surface area contributed by atoms with Crippen LogP contribution in [0, 0.1) is 6.42 Å². The fraction of sp³-hybridized carbons (Fsp3) is 0.875. The van der Waals surface area contributed by atoms with Crippen molar-refractivity contribution in [3.05, 3.63) is 6.42 Å². The Hall–Kier alpha value is -0.0400. The van der Waals surface area contributed by atoms with Crippen LogP contribution < -0.4 is 0 Å². The molecule has 2 heterocycles. The van der Waals surface area contributed by atoms with Gasteiger partial charge in [-0.1, -0.05) is 0 Å². The maximum Gasteiger partial charge on any atom is 0.00984 e. The van der Waals surface area contributed by atoms with Crippen molar-refractivity contribution in [3.63, 3.8) is 0 Å². The molecule has 2 saturated heterocycles. The van der Waals surface area contributed by atoms with E-state index in [-0.39, 0.29) is 0 Å². The molecule has 0 saturated carbocycles. The summed E-state index contributed by atoms with van der Waals surface area (Å²) in [5.74, 6) is 0. The number of rotatable bonds is 0. The smallest absolute Gasteiger partial charge is 0.00984 e. The van der Waals surface area contributed by atoms with Crippen LogP contribution in [0.15, 0.2) is 0 Å². The van der Waals surface area contributed by atoms with E-state index in [1.165, 1.54) is 25.7 Å². The molecule has 2 aliphatic rings. The lowest BCUT2D eigenvalue weighted by Crippen LogP contribution is -2.36. The zero-order valence-electron chi connectivity index (χ0n) is 6.01. The van der Waals surface area contributed by atoms with E-state index in [0.29, 0.717) is 0 Å². The molecule has 2 bridgehead atoms. The molecule has 9 heavy (non-hydrogen) atoms. The van der Waals surface area contributed by atoms with Crippen molar-refractivity contribution in [3.8, 4) is 0 Å². The highest BCUT2D eigenvalue weighted by Gasteiger charge is 2.33. The third-order valence-corrected chi connectivity index (χ3v) is 2.86. The van der Waals surface area contributed by atoms with Crippen molar-refractivity contribution >= 4 is 0 Å². The average molecular weight is 124 g/mol. The van der Waals surface area contributed by atoms with Crippen molar-refractivity contribution in [1.82, 2.24) is 4.90 Å². The Bertz CT molecular complexity index is 95.1. The number of hydrogen-bond acceptors (Lipinski definition) is 1. The molecular weight excluding hydrogens is 110 g/mol. The molecule has 1 nitrogen and oxygen atoms in total. The lowest BCUT2D eigenvalue weighted by atomic mass is 10.0. The Morgan fingerprint density at radius 3 is 2.22 bits per heavy atom. The molecule has 0 N–H and O–H groups in total. The van der Waals surface area contributed by atoms with Gasteiger partial charge in [-0.25, -0.2) is 0 Å². The Kier molecular flexibility index (Phi) is 1.26. The molecule has 0 spiro atoms. The van der Waals surface area contributed by atoms with Gasteiger partial charge in [0.25, 0.3) is 0 Å². The van der Waals surface area contributed by atoms with Gasteiger partial charge in [-0.15, -0.1) is 0 Å². The highest BCUT2D eigenvalue weighted by atomic mass is 15.2. The molecule has 2 aliphatic heterocycles. The maximum atomic E-state index is 2.56. The van der Waals surface area contributed by atoms with Crippen LogP contribution in [0.4, 0.5) is 0 Å². The molecule has 2 fully saturated rings. The first-order valence-electron chi connectivity index (χ1n) is 3.91. The van der Waals surface area contributed by atoms with Crippen LogP contribution in [0.25, 0.3) is 0 Å². The lowest BCUT2D eigenvalue weighted by molar-refractivity contribution is 0.207. The van der Waals surface area contributed by atoms with Gasteiger partial charge in [0.1, 0.15) is 0 Å². The number of fused-ring (bicyclic) bond motifs is 2. The minimum atomic E-state index is 0.906. The van der Waals surface area contributed by atoms with E-state index in [2.05, 4.69) is 18.4 Å². The molecule has 2 atom stereocenters. The molecular formula is C8H14N. The average Bonchev–Trinajstić information content (AvgIpc) is 2.19. The van der Waals surface area contributed by atoms with Crippen LogP contribution in [-0.2, 0) is 0 Å². The third-order valence-electron chi connectivity index (χ3n) is 2.86. The van der Waals surface area contributed by atoms with Gasteiger partial charge in [0, 0.05) is 12.1 Å². The largest absolute Gasteiger partial charge is 0.300 e. The first kappa shape index (κ1) is 5.72. The highest BCUT2D eigenvalue weighted by Crippen LogP contribution is 2.32. The van der Waals surface area contributed by atoms with Gasteiger partial charge >= 0.3 is 0 Å². The summed E-state index contributed by atoms with van der Waals surface area (Å²) in [6, 6.07) is 1.81. The van der Waals surface area contributed by atoms with E-state index < -0.39 is 0 Å². The third kappa shape index (κ3) is 0.787. The predicted octanol–water partition coefficient (Wildman–Crippen LogP) is 1.45. The first-order valence-corrected chi connectivity index (χ1v) is 3.91. The molecule has 0 aromatic heterocycles. The molecule has 0 unspecified atom stereocenters. The molecule has 0 aromatic rings. The van der Waals surface area contributed by atoms with Crippen LogP contribution >= 0.6 is 0 Å². The summed E-state index contributed by atoms with van der Waals surface area (Å²) < 4.78 is 0. The van der Waals surface area contributed by atoms with E-state index in [0.717, 1.165) is 12.1 Å². The van der Waals surface area contributed by atoms with E-state index in [1.807, 2.05) is 0 Å². The SMILES string of the molecule is CN1[C@@H]2C[CH]C[C@H]1CC2. The van der Waals surface area contributed by atoms with Crippen molar-refractivity contribution in [2.24, 2.45) is 0 Å². The number of nitrogens with zero attached hydrogens (tertiary/aromatic N) is 1. The second-order valence-corrected chi connectivity index (χ2v) is 3.31. The van der Waals surface area contributed by atoms with Crippen LogP contribution in [0.3, 0.4) is 0 Å². The summed E-state index contributed by atoms with van der Waals surface area (Å²) in [4.78, 5) is 2.56. The van der Waals surface area contributed by atoms with Gasteiger partial charge in [0.2, 0.25) is 0 Å². The Morgan fingerprint density at radius 2 is 1.78 bits per heavy atom. The molecule has 0 aromatic carbocycles. The molecule has 0 aliphatic carbocycles. The molecule has 51 valence electrons. The Balaban J connectivity index is 2.10. The lowest BCUT2D eigenvalue weighted by Gasteiger charge is -2.30. The second kappa shape index (κ2) is 1.98. The summed E-state index contributed by atoms with van der Waals surface area (Å²) in [5, 5.41) is 0. The fourth-order valence-corrected chi connectivity index (χ4v) is 2.14. The van der Waals surface area contributed by atoms with E-state index in [4.69, 9.17) is 0 Å². The van der Waals surface area contributed by atoms with E-state index >= 15 is 0 Å². The van der Waals surface area contributed by atoms with Gasteiger partial charge in [0.15, 0.2) is 0 Å². The van der Waals surface area contributed by atoms with Gasteiger partial charge in [-0.05, 0) is 39.2 Å². The van der Waals surface area contributed by atoms with Gasteiger partial charge < -0.3 is 4.90 Å². The minimum absolute atomic E-state index is 0.906. The van der Waals surface area contributed by atoms with Gasteiger partial charge in [0.05, 0.1) is 0 Å². The first-order chi connectivity index (χ1) is 4.38. The fourth-order valence-electron chi connectivity index (χ4n) is 2.14. The van der Waals surface area contributed by atoms with E-state index in [1.54, 1.807) is 0 Å². The Morgan fingerprint density at radius 1 is 1.22 bits per heavy atom. The summed E-state index contributed by atoms with van der Waals surface area (Å²) in [6.07, 6.45) is 8.03. The molecule has 1 radical (unpaired) electrons. The van der Waals surface area contributed by atoms with Gasteiger partial charge in [-0.3, -0.25) is 0 Å². The van der Waals surface area contributed by atoms with Crippen molar-refractivity contribution < 1.29 is 0 Å². The summed E-state index contributed by atoms with van der Waals surface area (Å²) in [5.41, 5.74) is 0. The van der Waals surface area contributed by atoms with Crippen LogP contribution in [-0.4, -0.2) is 24.0 Å². The van der Waals surface area contributed by atoms with Crippen LogP contribution in [0.5, 0.6) is 0 Å². The second-order valence-electron chi connectivity index (χ2n) is 3.31. The van der Waals surface area contributed by atoms with Crippen LogP contribution in [0.2, 0.25) is 0 Å². The number of piperidine rings is 1. The molecule has 1 heteroatoms. The topological polar surface area (TPSA) is 3.24 Å². The van der Waals surface area contributed by atoms with Crippen molar-refractivity contribution in [2.45, 2.75) is 37.8 Å². The van der Waals surface area contributed by atoms with Crippen LogP contribution in [0.1, 0.15) is 25.7 Å². The summed E-state index contributed by atoms with van der Waals surface area (Å²) in [6.45, 7) is 0. The predicted molar refractivity (Wildman–Crippen MR) is 38.1 cm³/mol. The summed E-state index contributed by atoms with van der Waals surface area (Å²) in [7, 11) is 2.27. The molecule has 0 amide bonds. The minimum Gasteiger partial charge on any atom is -0.300 e. The number of hydrogen-bond donors (Lipinski definition) is 0.